The van der Waals surface area contributed by atoms with Crippen LogP contribution in [0.3, 0.4) is 0 Å². The molecule has 0 aliphatic carbocycles. The Hall–Kier alpha value is -2.70. The number of aromatic nitrogens is 2. The summed E-state index contributed by atoms with van der Waals surface area (Å²) in [5.41, 5.74) is 2.02. The summed E-state index contributed by atoms with van der Waals surface area (Å²) in [6.45, 7) is 5.37. The summed E-state index contributed by atoms with van der Waals surface area (Å²) in [4.78, 5) is 23.9. The van der Waals surface area contributed by atoms with E-state index >= 15 is 0 Å². The number of carboxylic acids is 1. The Morgan fingerprint density at radius 2 is 1.92 bits per heavy atom. The predicted molar refractivity (Wildman–Crippen MR) is 91.4 cm³/mol. The third kappa shape index (κ3) is 4.23. The molecule has 1 amide bonds. The fourth-order valence-corrected chi connectivity index (χ4v) is 2.70. The van der Waals surface area contributed by atoms with Crippen LogP contribution in [0.5, 0.6) is 0 Å². The molecule has 0 radical (unpaired) electrons. The van der Waals surface area contributed by atoms with E-state index in [9.17, 15) is 19.1 Å². The molecule has 0 bridgehead atoms. The number of carboxylic acid groups (broad SMARTS) is 1. The molecular weight excluding hydrogens is 325 g/mol. The summed E-state index contributed by atoms with van der Waals surface area (Å²) in [5, 5.41) is 16.2. The normalized spacial score (nSPS) is 12.0. The van der Waals surface area contributed by atoms with Gasteiger partial charge >= 0.3 is 5.97 Å². The van der Waals surface area contributed by atoms with Gasteiger partial charge in [0.2, 0.25) is 0 Å². The van der Waals surface area contributed by atoms with Crippen LogP contribution < -0.4 is 5.32 Å². The van der Waals surface area contributed by atoms with Gasteiger partial charge in [0, 0.05) is 0 Å². The molecule has 1 aromatic heterocycles. The first-order chi connectivity index (χ1) is 11.8. The summed E-state index contributed by atoms with van der Waals surface area (Å²) in [6.07, 6.45) is 1.94. The van der Waals surface area contributed by atoms with E-state index in [4.69, 9.17) is 0 Å². The number of aliphatic carboxylic acids is 1. The number of rotatable bonds is 7. The fraction of sp³-hybridized carbons (Fsp3) is 0.389. The number of hydrogen-bond donors (Lipinski definition) is 2. The zero-order valence-corrected chi connectivity index (χ0v) is 14.5. The lowest BCUT2D eigenvalue weighted by molar-refractivity contribution is -0.139. The zero-order chi connectivity index (χ0) is 18.6. The molecule has 1 heterocycles. The van der Waals surface area contributed by atoms with Gasteiger partial charge in [0.15, 0.2) is 0 Å². The van der Waals surface area contributed by atoms with E-state index in [-0.39, 0.29) is 5.82 Å². The summed E-state index contributed by atoms with van der Waals surface area (Å²) in [6, 6.07) is 4.84. The first kappa shape index (κ1) is 18.6. The van der Waals surface area contributed by atoms with Crippen molar-refractivity contribution in [1.29, 1.82) is 0 Å². The molecule has 0 aliphatic heterocycles. The Labute approximate surface area is 145 Å². The number of nitrogens with one attached hydrogen (secondary N) is 1. The molecule has 0 saturated carbocycles. The van der Waals surface area contributed by atoms with Crippen LogP contribution in [0.25, 0.3) is 5.69 Å². The smallest absolute Gasteiger partial charge is 0.326 e. The highest BCUT2D eigenvalue weighted by atomic mass is 19.1. The molecule has 134 valence electrons. The second-order valence-corrected chi connectivity index (χ2v) is 5.94. The molecule has 0 saturated heterocycles. The molecule has 0 fully saturated rings. The Balaban J connectivity index is 2.28. The zero-order valence-electron chi connectivity index (χ0n) is 14.5. The van der Waals surface area contributed by atoms with Gasteiger partial charge in [-0.2, -0.15) is 5.10 Å². The second-order valence-electron chi connectivity index (χ2n) is 5.94. The van der Waals surface area contributed by atoms with Crippen molar-refractivity contribution in [1.82, 2.24) is 15.1 Å². The monoisotopic (exact) mass is 347 g/mol. The predicted octanol–water partition coefficient (Wildman–Crippen LogP) is 3.00. The lowest BCUT2D eigenvalue weighted by Crippen LogP contribution is -2.41. The minimum atomic E-state index is -1.05. The van der Waals surface area contributed by atoms with Gasteiger partial charge in [0.1, 0.15) is 11.9 Å². The van der Waals surface area contributed by atoms with E-state index in [0.29, 0.717) is 35.5 Å². The minimum Gasteiger partial charge on any atom is -0.480 e. The average Bonchev–Trinajstić information content (AvgIpc) is 2.86. The Kier molecular flexibility index (Phi) is 5.90. The van der Waals surface area contributed by atoms with E-state index in [2.05, 4.69) is 10.4 Å². The van der Waals surface area contributed by atoms with Gasteiger partial charge in [-0.15, -0.1) is 0 Å². The van der Waals surface area contributed by atoms with Crippen molar-refractivity contribution in [3.63, 3.8) is 0 Å². The van der Waals surface area contributed by atoms with Crippen molar-refractivity contribution in [2.24, 2.45) is 0 Å². The molecule has 7 heteroatoms. The summed E-state index contributed by atoms with van der Waals surface area (Å²) in [5.74, 6) is -1.88. The maximum absolute atomic E-state index is 13.1. The molecule has 1 unspecified atom stereocenters. The summed E-state index contributed by atoms with van der Waals surface area (Å²) >= 11 is 0. The quantitative estimate of drug-likeness (QED) is 0.806. The van der Waals surface area contributed by atoms with Crippen molar-refractivity contribution in [3.05, 3.63) is 47.0 Å². The van der Waals surface area contributed by atoms with Crippen molar-refractivity contribution in [3.8, 4) is 5.69 Å². The molecule has 2 aromatic rings. The molecule has 0 spiro atoms. The van der Waals surface area contributed by atoms with E-state index in [0.717, 1.165) is 6.42 Å². The molecule has 1 atom stereocenters. The Bertz CT molecular complexity index is 769. The van der Waals surface area contributed by atoms with Gasteiger partial charge in [-0.25, -0.2) is 13.9 Å². The molecule has 2 rings (SSSR count). The van der Waals surface area contributed by atoms with Crippen molar-refractivity contribution < 1.29 is 19.1 Å². The maximum Gasteiger partial charge on any atom is 0.326 e. The van der Waals surface area contributed by atoms with Gasteiger partial charge < -0.3 is 10.4 Å². The Morgan fingerprint density at radius 1 is 1.28 bits per heavy atom. The number of benzene rings is 1. The van der Waals surface area contributed by atoms with Crippen molar-refractivity contribution in [2.45, 2.75) is 46.1 Å². The summed E-state index contributed by atoms with van der Waals surface area (Å²) in [7, 11) is 0. The number of carbonyl (C=O) groups is 2. The van der Waals surface area contributed by atoms with Crippen LogP contribution >= 0.6 is 0 Å². The van der Waals surface area contributed by atoms with Gasteiger partial charge in [0.05, 0.1) is 22.6 Å². The van der Waals surface area contributed by atoms with Gasteiger partial charge in [-0.05, 0) is 44.5 Å². The average molecular weight is 347 g/mol. The van der Waals surface area contributed by atoms with Crippen LogP contribution in [0.15, 0.2) is 24.3 Å². The lowest BCUT2D eigenvalue weighted by Gasteiger charge is -2.14. The number of carbonyl (C=O) groups excluding carboxylic acids is 1. The number of halogens is 1. The molecule has 25 heavy (non-hydrogen) atoms. The van der Waals surface area contributed by atoms with E-state index < -0.39 is 17.9 Å². The molecule has 1 aromatic carbocycles. The number of hydrogen-bond acceptors (Lipinski definition) is 3. The first-order valence-corrected chi connectivity index (χ1v) is 8.21. The molecule has 2 N–H and O–H groups in total. The number of amides is 1. The third-order valence-electron chi connectivity index (χ3n) is 4.04. The van der Waals surface area contributed by atoms with E-state index in [1.54, 1.807) is 30.7 Å². The standard InChI is InChI=1S/C18H22FN3O3/c1-4-5-6-15(18(24)25)20-17(23)16-11(2)21-22(12(16)3)14-9-7-13(19)8-10-14/h7-10,15H,4-6H2,1-3H3,(H,20,23)(H,24,25). The van der Waals surface area contributed by atoms with Crippen LogP contribution in [-0.2, 0) is 4.79 Å². The maximum atomic E-state index is 13.1. The highest BCUT2D eigenvalue weighted by molar-refractivity contribution is 5.98. The van der Waals surface area contributed by atoms with Gasteiger partial charge in [-0.1, -0.05) is 19.8 Å². The van der Waals surface area contributed by atoms with Gasteiger partial charge in [-0.3, -0.25) is 4.79 Å². The van der Waals surface area contributed by atoms with Gasteiger partial charge in [0.25, 0.3) is 5.91 Å². The highest BCUT2D eigenvalue weighted by Gasteiger charge is 2.24. The number of nitrogens with zero attached hydrogens (tertiary/aromatic N) is 2. The second kappa shape index (κ2) is 7.92. The van der Waals surface area contributed by atoms with Crippen LogP contribution in [-0.4, -0.2) is 32.8 Å². The van der Waals surface area contributed by atoms with Crippen molar-refractivity contribution >= 4 is 11.9 Å². The van der Waals surface area contributed by atoms with E-state index in [1.165, 1.54) is 12.1 Å². The number of unbranched alkanes of at least 4 members (excludes halogenated alkanes) is 1. The van der Waals surface area contributed by atoms with Crippen LogP contribution in [0.4, 0.5) is 4.39 Å². The topological polar surface area (TPSA) is 84.2 Å². The number of aryl methyl sites for hydroxylation is 1. The molecule has 0 aliphatic rings. The Morgan fingerprint density at radius 3 is 2.48 bits per heavy atom. The third-order valence-corrected chi connectivity index (χ3v) is 4.04. The molecular formula is C18H22FN3O3. The largest absolute Gasteiger partial charge is 0.480 e. The van der Waals surface area contributed by atoms with Crippen LogP contribution in [0, 0.1) is 19.7 Å². The highest BCUT2D eigenvalue weighted by Crippen LogP contribution is 2.18. The molecule has 6 nitrogen and oxygen atoms in total. The van der Waals surface area contributed by atoms with Crippen molar-refractivity contribution in [2.75, 3.05) is 0 Å². The van der Waals surface area contributed by atoms with Crippen LogP contribution in [0.2, 0.25) is 0 Å². The first-order valence-electron chi connectivity index (χ1n) is 8.21. The fourth-order valence-electron chi connectivity index (χ4n) is 2.70. The minimum absolute atomic E-state index is 0.340. The van der Waals surface area contributed by atoms with Crippen LogP contribution in [0.1, 0.15) is 47.9 Å². The lowest BCUT2D eigenvalue weighted by atomic mass is 10.1. The SMILES string of the molecule is CCCCC(NC(=O)c1c(C)nn(-c2ccc(F)cc2)c1C)C(=O)O. The summed E-state index contributed by atoms with van der Waals surface area (Å²) < 4.78 is 14.6. The van der Waals surface area contributed by atoms with E-state index in [1.807, 2.05) is 6.92 Å².